The van der Waals surface area contributed by atoms with Crippen LogP contribution in [0.3, 0.4) is 0 Å². The van der Waals surface area contributed by atoms with Crippen molar-refractivity contribution >= 4 is 6.21 Å². The Kier molecular flexibility index (Phi) is 4.72. The van der Waals surface area contributed by atoms with Gasteiger partial charge < -0.3 is 10.5 Å². The summed E-state index contributed by atoms with van der Waals surface area (Å²) >= 11 is 0. The highest BCUT2D eigenvalue weighted by Crippen LogP contribution is 2.02. The van der Waals surface area contributed by atoms with E-state index in [-0.39, 0.29) is 6.61 Å². The molecule has 0 heterocycles. The summed E-state index contributed by atoms with van der Waals surface area (Å²) in [4.78, 5) is 0. The Morgan fingerprint density at radius 1 is 1.36 bits per heavy atom. The first-order chi connectivity index (χ1) is 6.86. The van der Waals surface area contributed by atoms with Gasteiger partial charge in [-0.3, -0.25) is 0 Å². The van der Waals surface area contributed by atoms with Gasteiger partial charge in [-0.1, -0.05) is 31.2 Å². The number of hydrazone groups is 1. The number of hydrogen-bond acceptors (Lipinski definition) is 3. The van der Waals surface area contributed by atoms with E-state index in [1.165, 1.54) is 5.56 Å². The molecule has 1 rings (SSSR count). The summed E-state index contributed by atoms with van der Waals surface area (Å²) < 4.78 is 0. The van der Waals surface area contributed by atoms with Crippen molar-refractivity contribution in [3.05, 3.63) is 35.4 Å². The van der Waals surface area contributed by atoms with Crippen LogP contribution in [0.2, 0.25) is 0 Å². The van der Waals surface area contributed by atoms with Gasteiger partial charge in [0.1, 0.15) is 0 Å². The number of nitrogens with one attached hydrogen (secondary N) is 1. The molecule has 3 heteroatoms. The van der Waals surface area contributed by atoms with Crippen molar-refractivity contribution in [1.29, 1.82) is 0 Å². The number of hydrogen-bond donors (Lipinski definition) is 2. The predicted octanol–water partition coefficient (Wildman–Crippen LogP) is 1.16. The number of rotatable bonds is 5. The normalized spacial score (nSPS) is 10.7. The molecule has 0 amide bonds. The van der Waals surface area contributed by atoms with Crippen LogP contribution in [0.5, 0.6) is 0 Å². The molecule has 0 radical (unpaired) electrons. The van der Waals surface area contributed by atoms with Crippen molar-refractivity contribution < 1.29 is 5.11 Å². The summed E-state index contributed by atoms with van der Waals surface area (Å²) in [6.07, 6.45) is 2.80. The average Bonchev–Trinajstić information content (AvgIpc) is 2.25. The predicted molar refractivity (Wildman–Crippen MR) is 58.5 cm³/mol. The molecule has 1 aromatic rings. The molecule has 0 spiro atoms. The van der Waals surface area contributed by atoms with Gasteiger partial charge in [0.05, 0.1) is 19.4 Å². The van der Waals surface area contributed by atoms with Crippen molar-refractivity contribution in [3.8, 4) is 0 Å². The van der Waals surface area contributed by atoms with Crippen molar-refractivity contribution in [1.82, 2.24) is 5.43 Å². The lowest BCUT2D eigenvalue weighted by Crippen LogP contribution is -2.11. The van der Waals surface area contributed by atoms with Crippen molar-refractivity contribution in [2.75, 3.05) is 13.2 Å². The highest BCUT2D eigenvalue weighted by molar-refractivity contribution is 5.79. The van der Waals surface area contributed by atoms with Crippen LogP contribution < -0.4 is 5.43 Å². The number of aliphatic hydroxyl groups is 1. The van der Waals surface area contributed by atoms with Gasteiger partial charge in [0.15, 0.2) is 0 Å². The van der Waals surface area contributed by atoms with Crippen LogP contribution in [-0.4, -0.2) is 24.5 Å². The second-order valence-corrected chi connectivity index (χ2v) is 2.99. The zero-order chi connectivity index (χ0) is 10.2. The maximum Gasteiger partial charge on any atom is 0.0620 e. The van der Waals surface area contributed by atoms with Crippen molar-refractivity contribution in [2.24, 2.45) is 5.10 Å². The van der Waals surface area contributed by atoms with Gasteiger partial charge in [0, 0.05) is 0 Å². The van der Waals surface area contributed by atoms with E-state index in [1.54, 1.807) is 6.21 Å². The first-order valence-electron chi connectivity index (χ1n) is 4.82. The van der Waals surface area contributed by atoms with Crippen LogP contribution >= 0.6 is 0 Å². The van der Waals surface area contributed by atoms with Gasteiger partial charge in [0.25, 0.3) is 0 Å². The van der Waals surface area contributed by atoms with E-state index in [9.17, 15) is 0 Å². The second kappa shape index (κ2) is 6.16. The molecule has 0 aliphatic rings. The number of aliphatic hydroxyl groups excluding tert-OH is 1. The topological polar surface area (TPSA) is 44.6 Å². The van der Waals surface area contributed by atoms with E-state index in [0.717, 1.165) is 12.0 Å². The molecule has 2 N–H and O–H groups in total. The summed E-state index contributed by atoms with van der Waals surface area (Å²) in [7, 11) is 0. The van der Waals surface area contributed by atoms with E-state index < -0.39 is 0 Å². The number of nitrogens with zero attached hydrogens (tertiary/aromatic N) is 1. The standard InChI is InChI=1S/C11H16N2O/c1-2-10-3-5-11(6-4-10)9-13-12-7-8-14/h3-6,9,12,14H,2,7-8H2,1H3. The van der Waals surface area contributed by atoms with Crippen LogP contribution in [0, 0.1) is 0 Å². The Morgan fingerprint density at radius 2 is 2.07 bits per heavy atom. The minimum Gasteiger partial charge on any atom is -0.394 e. The van der Waals surface area contributed by atoms with Gasteiger partial charge in [-0.15, -0.1) is 0 Å². The SMILES string of the molecule is CCc1ccc(C=NNCCO)cc1. The minimum absolute atomic E-state index is 0.103. The molecule has 0 saturated carbocycles. The zero-order valence-corrected chi connectivity index (χ0v) is 8.40. The fourth-order valence-corrected chi connectivity index (χ4v) is 1.07. The Morgan fingerprint density at radius 3 is 2.64 bits per heavy atom. The largest absolute Gasteiger partial charge is 0.394 e. The second-order valence-electron chi connectivity index (χ2n) is 2.99. The molecule has 0 aliphatic heterocycles. The molecule has 3 nitrogen and oxygen atoms in total. The lowest BCUT2D eigenvalue weighted by atomic mass is 10.1. The van der Waals surface area contributed by atoms with Crippen LogP contribution in [0.25, 0.3) is 0 Å². The molecule has 1 aromatic carbocycles. The summed E-state index contributed by atoms with van der Waals surface area (Å²) in [6.45, 7) is 2.72. The molecule has 76 valence electrons. The van der Waals surface area contributed by atoms with E-state index in [2.05, 4.69) is 29.6 Å². The lowest BCUT2D eigenvalue weighted by molar-refractivity contribution is 0.294. The molecule has 0 aliphatic carbocycles. The van der Waals surface area contributed by atoms with Gasteiger partial charge in [-0.2, -0.15) is 5.10 Å². The maximum atomic E-state index is 8.50. The summed E-state index contributed by atoms with van der Waals surface area (Å²) in [5.41, 5.74) is 5.12. The van der Waals surface area contributed by atoms with Crippen molar-refractivity contribution in [3.63, 3.8) is 0 Å². The molecule has 0 fully saturated rings. The number of benzene rings is 1. The summed E-state index contributed by atoms with van der Waals surface area (Å²) in [5.74, 6) is 0. The molecule has 14 heavy (non-hydrogen) atoms. The fourth-order valence-electron chi connectivity index (χ4n) is 1.07. The first kappa shape index (κ1) is 10.7. The Bertz CT molecular complexity index is 280. The van der Waals surface area contributed by atoms with Crippen LogP contribution in [0.15, 0.2) is 29.4 Å². The zero-order valence-electron chi connectivity index (χ0n) is 8.40. The van der Waals surface area contributed by atoms with Crippen LogP contribution in [0.1, 0.15) is 18.1 Å². The van der Waals surface area contributed by atoms with Gasteiger partial charge in [0.2, 0.25) is 0 Å². The van der Waals surface area contributed by atoms with Crippen LogP contribution in [-0.2, 0) is 6.42 Å². The Hall–Kier alpha value is -1.35. The third-order valence-corrected chi connectivity index (χ3v) is 1.92. The maximum absolute atomic E-state index is 8.50. The summed E-state index contributed by atoms with van der Waals surface area (Å²) in [5, 5.41) is 12.4. The van der Waals surface area contributed by atoms with E-state index in [0.29, 0.717) is 6.54 Å². The number of aryl methyl sites for hydroxylation is 1. The van der Waals surface area contributed by atoms with Gasteiger partial charge in [-0.05, 0) is 17.5 Å². The molecule has 0 saturated heterocycles. The Balaban J connectivity index is 2.47. The lowest BCUT2D eigenvalue weighted by Gasteiger charge is -1.97. The van der Waals surface area contributed by atoms with E-state index >= 15 is 0 Å². The smallest absolute Gasteiger partial charge is 0.0620 e. The third kappa shape index (κ3) is 3.58. The molecule has 0 unspecified atom stereocenters. The van der Waals surface area contributed by atoms with E-state index in [4.69, 9.17) is 5.11 Å². The Labute approximate surface area is 84.5 Å². The highest BCUT2D eigenvalue weighted by atomic mass is 16.3. The minimum atomic E-state index is 0.103. The van der Waals surface area contributed by atoms with Gasteiger partial charge >= 0.3 is 0 Å². The monoisotopic (exact) mass is 192 g/mol. The van der Waals surface area contributed by atoms with Gasteiger partial charge in [-0.25, -0.2) is 0 Å². The third-order valence-electron chi connectivity index (χ3n) is 1.92. The van der Waals surface area contributed by atoms with Crippen LogP contribution in [0.4, 0.5) is 0 Å². The quantitative estimate of drug-likeness (QED) is 0.418. The summed E-state index contributed by atoms with van der Waals surface area (Å²) in [6, 6.07) is 8.24. The molecule has 0 bridgehead atoms. The highest BCUT2D eigenvalue weighted by Gasteiger charge is 1.88. The average molecular weight is 192 g/mol. The first-order valence-corrected chi connectivity index (χ1v) is 4.82. The molecule has 0 aromatic heterocycles. The molecular formula is C11H16N2O. The fraction of sp³-hybridized carbons (Fsp3) is 0.364. The molecular weight excluding hydrogens is 176 g/mol. The molecule has 0 atom stereocenters. The van der Waals surface area contributed by atoms with E-state index in [1.807, 2.05) is 12.1 Å². The van der Waals surface area contributed by atoms with Crippen molar-refractivity contribution in [2.45, 2.75) is 13.3 Å².